The maximum absolute atomic E-state index is 10.2. The van der Waals surface area contributed by atoms with Gasteiger partial charge < -0.3 is 15.3 Å². The van der Waals surface area contributed by atoms with Crippen molar-refractivity contribution in [2.45, 2.75) is 20.0 Å². The van der Waals surface area contributed by atoms with E-state index in [1.165, 1.54) is 24.3 Å². The number of aliphatic hydroxyl groups is 1. The Labute approximate surface area is 82.4 Å². The van der Waals surface area contributed by atoms with Gasteiger partial charge in [-0.1, -0.05) is 0 Å². The van der Waals surface area contributed by atoms with E-state index in [4.69, 9.17) is 15.3 Å². The second-order valence-corrected chi connectivity index (χ2v) is 2.95. The Hall–Kier alpha value is -1.55. The van der Waals surface area contributed by atoms with Crippen LogP contribution < -0.4 is 0 Å². The first-order valence-electron chi connectivity index (χ1n) is 4.14. The first-order chi connectivity index (χ1) is 6.43. The minimum Gasteiger partial charge on any atom is -0.508 e. The topological polar surface area (TPSA) is 77.8 Å². The molecule has 0 aliphatic heterocycles. The largest absolute Gasteiger partial charge is 0.508 e. The second-order valence-electron chi connectivity index (χ2n) is 2.95. The molecule has 0 saturated heterocycles. The molecule has 0 spiro atoms. The number of phenols is 1. The van der Waals surface area contributed by atoms with E-state index >= 15 is 0 Å². The predicted molar refractivity (Wildman–Crippen MR) is 52.4 cm³/mol. The molecule has 0 aromatic heterocycles. The number of benzene rings is 1. The minimum atomic E-state index is -0.986. The molecule has 1 aromatic rings. The van der Waals surface area contributed by atoms with Crippen molar-refractivity contribution in [1.82, 2.24) is 0 Å². The van der Waals surface area contributed by atoms with Crippen LogP contribution in [0.3, 0.4) is 0 Å². The molecule has 0 heterocycles. The summed E-state index contributed by atoms with van der Waals surface area (Å²) in [5, 5.41) is 25.2. The first-order valence-corrected chi connectivity index (χ1v) is 4.14. The number of aliphatic hydroxyl groups excluding tert-OH is 1. The third kappa shape index (κ3) is 6.02. The van der Waals surface area contributed by atoms with Gasteiger partial charge in [0.05, 0.1) is 5.56 Å². The number of aromatic carboxylic acids is 1. The summed E-state index contributed by atoms with van der Waals surface area (Å²) in [6.07, 6.45) is -0.167. The van der Waals surface area contributed by atoms with Gasteiger partial charge in [-0.2, -0.15) is 0 Å². The molecule has 78 valence electrons. The summed E-state index contributed by atoms with van der Waals surface area (Å²) >= 11 is 0. The van der Waals surface area contributed by atoms with Crippen LogP contribution in [0, 0.1) is 0 Å². The molecule has 0 aliphatic carbocycles. The molecular formula is C10H14O4. The van der Waals surface area contributed by atoms with Gasteiger partial charge in [0.15, 0.2) is 0 Å². The van der Waals surface area contributed by atoms with Crippen LogP contribution in [0.4, 0.5) is 0 Å². The summed E-state index contributed by atoms with van der Waals surface area (Å²) in [6.45, 7) is 3.44. The lowest BCUT2D eigenvalue weighted by Crippen LogP contribution is -1.93. The smallest absolute Gasteiger partial charge is 0.335 e. The Balaban J connectivity index is 0.000000364. The number of hydrogen-bond acceptors (Lipinski definition) is 3. The van der Waals surface area contributed by atoms with Gasteiger partial charge in [-0.3, -0.25) is 0 Å². The van der Waals surface area contributed by atoms with Gasteiger partial charge in [0, 0.05) is 6.10 Å². The number of phenolic OH excluding ortho intramolecular Hbond substituents is 1. The van der Waals surface area contributed by atoms with E-state index in [2.05, 4.69) is 0 Å². The van der Waals surface area contributed by atoms with E-state index in [0.29, 0.717) is 0 Å². The van der Waals surface area contributed by atoms with Gasteiger partial charge in [-0.05, 0) is 38.1 Å². The molecule has 0 unspecified atom stereocenters. The first kappa shape index (κ1) is 12.4. The van der Waals surface area contributed by atoms with Crippen molar-refractivity contribution < 1.29 is 20.1 Å². The van der Waals surface area contributed by atoms with Crippen molar-refractivity contribution in [3.63, 3.8) is 0 Å². The van der Waals surface area contributed by atoms with Crippen molar-refractivity contribution >= 4 is 5.97 Å². The highest BCUT2D eigenvalue weighted by atomic mass is 16.4. The van der Waals surface area contributed by atoms with E-state index in [1.807, 2.05) is 0 Å². The fourth-order valence-electron chi connectivity index (χ4n) is 0.604. The van der Waals surface area contributed by atoms with Crippen molar-refractivity contribution in [3.8, 4) is 5.75 Å². The van der Waals surface area contributed by atoms with Gasteiger partial charge in [-0.15, -0.1) is 0 Å². The number of carboxylic acid groups (broad SMARTS) is 1. The van der Waals surface area contributed by atoms with E-state index in [1.54, 1.807) is 13.8 Å². The highest BCUT2D eigenvalue weighted by Gasteiger charge is 1.99. The highest BCUT2D eigenvalue weighted by molar-refractivity contribution is 5.87. The molecule has 4 heteroatoms. The Morgan fingerprint density at radius 3 is 1.86 bits per heavy atom. The van der Waals surface area contributed by atoms with Crippen molar-refractivity contribution in [3.05, 3.63) is 29.8 Å². The summed E-state index contributed by atoms with van der Waals surface area (Å²) in [7, 11) is 0. The minimum absolute atomic E-state index is 0.0741. The van der Waals surface area contributed by atoms with E-state index in [-0.39, 0.29) is 17.4 Å². The van der Waals surface area contributed by atoms with Gasteiger partial charge in [-0.25, -0.2) is 4.79 Å². The molecule has 0 fully saturated rings. The van der Waals surface area contributed by atoms with Gasteiger partial charge in [0.25, 0.3) is 0 Å². The maximum Gasteiger partial charge on any atom is 0.335 e. The molecule has 0 radical (unpaired) electrons. The molecule has 0 atom stereocenters. The molecule has 14 heavy (non-hydrogen) atoms. The Bertz CT molecular complexity index is 274. The van der Waals surface area contributed by atoms with Crippen LogP contribution in [0.2, 0.25) is 0 Å². The molecule has 0 bridgehead atoms. The zero-order valence-electron chi connectivity index (χ0n) is 8.14. The van der Waals surface area contributed by atoms with Crippen LogP contribution in [-0.4, -0.2) is 27.4 Å². The average molecular weight is 198 g/mol. The summed E-state index contributed by atoms with van der Waals surface area (Å²) in [5.74, 6) is -0.912. The third-order valence-electron chi connectivity index (χ3n) is 1.11. The lowest BCUT2D eigenvalue weighted by molar-refractivity contribution is 0.0697. The van der Waals surface area contributed by atoms with Crippen molar-refractivity contribution in [2.24, 2.45) is 0 Å². The van der Waals surface area contributed by atoms with Crippen LogP contribution in [0.5, 0.6) is 5.75 Å². The summed E-state index contributed by atoms with van der Waals surface area (Å²) in [6, 6.07) is 5.36. The maximum atomic E-state index is 10.2. The van der Waals surface area contributed by atoms with Gasteiger partial charge in [0.2, 0.25) is 0 Å². The Morgan fingerprint density at radius 1 is 1.21 bits per heavy atom. The van der Waals surface area contributed by atoms with Gasteiger partial charge >= 0.3 is 5.97 Å². The van der Waals surface area contributed by atoms with Crippen LogP contribution in [0.1, 0.15) is 24.2 Å². The van der Waals surface area contributed by atoms with Crippen LogP contribution >= 0.6 is 0 Å². The van der Waals surface area contributed by atoms with Crippen molar-refractivity contribution in [1.29, 1.82) is 0 Å². The zero-order valence-corrected chi connectivity index (χ0v) is 8.14. The molecule has 0 amide bonds. The van der Waals surface area contributed by atoms with E-state index in [0.717, 1.165) is 0 Å². The highest BCUT2D eigenvalue weighted by Crippen LogP contribution is 2.08. The fourth-order valence-corrected chi connectivity index (χ4v) is 0.604. The van der Waals surface area contributed by atoms with E-state index in [9.17, 15) is 4.79 Å². The van der Waals surface area contributed by atoms with Crippen LogP contribution in [0.15, 0.2) is 24.3 Å². The van der Waals surface area contributed by atoms with E-state index < -0.39 is 5.97 Å². The fraction of sp³-hybridized carbons (Fsp3) is 0.300. The SMILES string of the molecule is CC(C)O.O=C(O)c1ccc(O)cc1. The second kappa shape index (κ2) is 5.99. The standard InChI is InChI=1S/C7H6O3.C3H8O/c8-6-3-1-5(2-4-6)7(9)10;1-3(2)4/h1-4,8H,(H,9,10);3-4H,1-2H3. The number of rotatable bonds is 1. The predicted octanol–water partition coefficient (Wildman–Crippen LogP) is 1.48. The van der Waals surface area contributed by atoms with Crippen LogP contribution in [-0.2, 0) is 0 Å². The summed E-state index contributed by atoms with van der Waals surface area (Å²) < 4.78 is 0. The average Bonchev–Trinajstić information content (AvgIpc) is 2.03. The molecular weight excluding hydrogens is 184 g/mol. The number of aromatic hydroxyl groups is 1. The lowest BCUT2D eigenvalue weighted by Gasteiger charge is -1.92. The quantitative estimate of drug-likeness (QED) is 0.638. The summed E-state index contributed by atoms with van der Waals surface area (Å²) in [4.78, 5) is 10.2. The number of carboxylic acids is 1. The van der Waals surface area contributed by atoms with Crippen molar-refractivity contribution in [2.75, 3.05) is 0 Å². The Kier molecular flexibility index (Phi) is 5.33. The number of carbonyl (C=O) groups is 1. The number of hydrogen-bond donors (Lipinski definition) is 3. The Morgan fingerprint density at radius 2 is 1.57 bits per heavy atom. The zero-order chi connectivity index (χ0) is 11.1. The normalized spacial score (nSPS) is 9.14. The molecule has 0 saturated carbocycles. The molecule has 0 aliphatic rings. The third-order valence-corrected chi connectivity index (χ3v) is 1.11. The lowest BCUT2D eigenvalue weighted by atomic mass is 10.2. The molecule has 1 rings (SSSR count). The van der Waals surface area contributed by atoms with Crippen LogP contribution in [0.25, 0.3) is 0 Å². The van der Waals surface area contributed by atoms with Gasteiger partial charge in [0.1, 0.15) is 5.75 Å². The molecule has 1 aromatic carbocycles. The summed E-state index contributed by atoms with van der Waals surface area (Å²) in [5.41, 5.74) is 0.179. The molecule has 3 N–H and O–H groups in total. The monoisotopic (exact) mass is 198 g/mol. The molecule has 4 nitrogen and oxygen atoms in total.